The summed E-state index contributed by atoms with van der Waals surface area (Å²) < 4.78 is 27.3. The van der Waals surface area contributed by atoms with E-state index in [9.17, 15) is 4.79 Å². The maximum absolute atomic E-state index is 11.9. The highest BCUT2D eigenvalue weighted by Gasteiger charge is 2.48. The van der Waals surface area contributed by atoms with Gasteiger partial charge in [-0.15, -0.1) is 0 Å². The van der Waals surface area contributed by atoms with E-state index in [1.165, 1.54) is 26.1 Å². The van der Waals surface area contributed by atoms with Gasteiger partial charge in [0.1, 0.15) is 19.3 Å². The molecule has 2 rings (SSSR count). The van der Waals surface area contributed by atoms with Gasteiger partial charge in [0, 0.05) is 0 Å². The lowest BCUT2D eigenvalue weighted by Gasteiger charge is -2.12. The average molecular weight is 443 g/mol. The summed E-state index contributed by atoms with van der Waals surface area (Å²) in [4.78, 5) is 11.9. The molecule has 6 nitrogen and oxygen atoms in total. The molecule has 1 aromatic carbocycles. The van der Waals surface area contributed by atoms with E-state index < -0.39 is 5.97 Å². The molecule has 1 saturated heterocycles. The lowest BCUT2D eigenvalue weighted by molar-refractivity contribution is -0.135. The van der Waals surface area contributed by atoms with E-state index in [0.717, 1.165) is 11.1 Å². The largest absolute Gasteiger partial charge is 0.503 e. The number of rotatable bonds is 11. The molecule has 0 amide bonds. The molecule has 0 aliphatic carbocycles. The van der Waals surface area contributed by atoms with Crippen LogP contribution in [0.1, 0.15) is 40.2 Å². The molecule has 1 heterocycles. The van der Waals surface area contributed by atoms with Crippen LogP contribution in [0.15, 0.2) is 59.4 Å². The van der Waals surface area contributed by atoms with Crippen molar-refractivity contribution < 1.29 is 28.5 Å². The Labute approximate surface area is 191 Å². The van der Waals surface area contributed by atoms with Gasteiger partial charge in [0.25, 0.3) is 0 Å². The van der Waals surface area contributed by atoms with Crippen molar-refractivity contribution in [2.24, 2.45) is 0 Å². The van der Waals surface area contributed by atoms with Crippen LogP contribution in [0, 0.1) is 0 Å². The minimum absolute atomic E-state index is 0.0715. The van der Waals surface area contributed by atoms with Crippen LogP contribution in [0.2, 0.25) is 0 Å². The van der Waals surface area contributed by atoms with Crippen LogP contribution >= 0.6 is 0 Å². The molecule has 0 bridgehead atoms. The first-order chi connectivity index (χ1) is 15.2. The van der Waals surface area contributed by atoms with Gasteiger partial charge in [-0.25, -0.2) is 4.79 Å². The third-order valence-corrected chi connectivity index (χ3v) is 4.95. The Kier molecular flexibility index (Phi) is 9.14. The first-order valence-corrected chi connectivity index (χ1v) is 10.6. The Bertz CT molecular complexity index is 916. The van der Waals surface area contributed by atoms with Crippen LogP contribution in [-0.2, 0) is 19.0 Å². The normalized spacial score (nSPS) is 17.7. The van der Waals surface area contributed by atoms with Gasteiger partial charge in [-0.2, -0.15) is 0 Å². The quantitative estimate of drug-likeness (QED) is 0.116. The minimum atomic E-state index is -0.451. The highest BCUT2D eigenvalue weighted by molar-refractivity contribution is 5.93. The van der Waals surface area contributed by atoms with Crippen LogP contribution in [0.3, 0.4) is 0 Å². The number of benzene rings is 1. The molecule has 1 aromatic rings. The Balaban J connectivity index is 2.17. The number of esters is 1. The predicted molar refractivity (Wildman–Crippen MR) is 126 cm³/mol. The third kappa shape index (κ3) is 7.61. The molecule has 1 aliphatic rings. The maximum Gasteiger partial charge on any atom is 0.341 e. The van der Waals surface area contributed by atoms with Crippen molar-refractivity contribution in [2.45, 2.75) is 46.3 Å². The van der Waals surface area contributed by atoms with Crippen LogP contribution in [0.5, 0.6) is 11.5 Å². The van der Waals surface area contributed by atoms with Crippen molar-refractivity contribution in [1.29, 1.82) is 0 Å². The molecule has 1 aliphatic heterocycles. The van der Waals surface area contributed by atoms with E-state index in [0.29, 0.717) is 30.3 Å². The fourth-order valence-electron chi connectivity index (χ4n) is 2.81. The topological polar surface area (TPSA) is 66.5 Å². The van der Waals surface area contributed by atoms with E-state index in [-0.39, 0.29) is 11.7 Å². The van der Waals surface area contributed by atoms with Gasteiger partial charge in [-0.1, -0.05) is 29.9 Å². The molecule has 174 valence electrons. The zero-order valence-corrected chi connectivity index (χ0v) is 20.1. The number of methoxy groups -OCH3 is 2. The van der Waals surface area contributed by atoms with Crippen LogP contribution in [0.4, 0.5) is 0 Å². The molecule has 0 radical (unpaired) electrons. The molecule has 0 N–H and O–H groups in total. The summed E-state index contributed by atoms with van der Waals surface area (Å²) in [7, 11) is 2.83. The van der Waals surface area contributed by atoms with Gasteiger partial charge in [0.2, 0.25) is 0 Å². The minimum Gasteiger partial charge on any atom is -0.503 e. The van der Waals surface area contributed by atoms with Crippen molar-refractivity contribution in [3.63, 3.8) is 0 Å². The number of hydrogen-bond donors (Lipinski definition) is 0. The Morgan fingerprint density at radius 2 is 1.84 bits per heavy atom. The predicted octanol–water partition coefficient (Wildman–Crippen LogP) is 5.25. The summed E-state index contributed by atoms with van der Waals surface area (Å²) in [5.74, 6) is 0.893. The molecular weight excluding hydrogens is 408 g/mol. The number of epoxide rings is 1. The lowest BCUT2D eigenvalue weighted by atomic mass is 10.1. The molecule has 6 heteroatoms. The summed E-state index contributed by atoms with van der Waals surface area (Å²) in [6, 6.07) is 5.78. The fourth-order valence-corrected chi connectivity index (χ4v) is 2.81. The Morgan fingerprint density at radius 3 is 2.44 bits per heavy atom. The summed E-state index contributed by atoms with van der Waals surface area (Å²) in [5, 5.41) is 0. The number of carbonyl (C=O) groups is 1. The first-order valence-electron chi connectivity index (χ1n) is 10.6. The van der Waals surface area contributed by atoms with Gasteiger partial charge in [-0.3, -0.25) is 0 Å². The fraction of sp³-hybridized carbons (Fsp3) is 0.423. The molecule has 0 aromatic heterocycles. The standard InChI is InChI=1S/C26H34O6/c1-18(2)13-14-30-22-12-11-20(15-23(22)31-17-24-26(4,5)32-24)10-8-9-19(3)21(16-28-6)25(27)29-7/h8-13,15-16,24H,14,17H2,1-7H3/b10-8-,19-9+,21-16+/t24-/m0/s1. The van der Waals surface area contributed by atoms with Crippen molar-refractivity contribution in [1.82, 2.24) is 0 Å². The van der Waals surface area contributed by atoms with E-state index in [2.05, 4.69) is 0 Å². The van der Waals surface area contributed by atoms with Gasteiger partial charge < -0.3 is 23.7 Å². The zero-order valence-electron chi connectivity index (χ0n) is 20.1. The highest BCUT2D eigenvalue weighted by Crippen LogP contribution is 2.37. The third-order valence-electron chi connectivity index (χ3n) is 4.95. The summed E-state index contributed by atoms with van der Waals surface area (Å²) in [6.07, 6.45) is 9.07. The van der Waals surface area contributed by atoms with E-state index in [1.54, 1.807) is 0 Å². The SMILES string of the molecule is CO\C=C(C(=O)OC)/C(C)=C/C=C\c1ccc(OCC=C(C)C)c(OC[C@@H]2OC2(C)C)c1. The lowest BCUT2D eigenvalue weighted by Crippen LogP contribution is -2.12. The summed E-state index contributed by atoms with van der Waals surface area (Å²) >= 11 is 0. The van der Waals surface area contributed by atoms with Gasteiger partial charge in [0.15, 0.2) is 11.5 Å². The molecule has 0 unspecified atom stereocenters. The second-order valence-electron chi connectivity index (χ2n) is 8.29. The number of ether oxygens (including phenoxy) is 5. The number of allylic oxidation sites excluding steroid dienone is 3. The Morgan fingerprint density at radius 1 is 1.12 bits per heavy atom. The summed E-state index contributed by atoms with van der Waals surface area (Å²) in [6.45, 7) is 10.9. The number of hydrogen-bond acceptors (Lipinski definition) is 6. The van der Waals surface area contributed by atoms with Crippen molar-refractivity contribution >= 4 is 12.0 Å². The van der Waals surface area contributed by atoms with E-state index in [1.807, 2.05) is 77.1 Å². The number of carbonyl (C=O) groups excluding carboxylic acids is 1. The van der Waals surface area contributed by atoms with Crippen molar-refractivity contribution in [3.05, 3.63) is 65.0 Å². The molecule has 0 saturated carbocycles. The molecule has 32 heavy (non-hydrogen) atoms. The van der Waals surface area contributed by atoms with Gasteiger partial charge in [-0.05, 0) is 64.0 Å². The summed E-state index contributed by atoms with van der Waals surface area (Å²) in [5.41, 5.74) is 3.07. The van der Waals surface area contributed by atoms with Crippen LogP contribution in [-0.4, -0.2) is 45.1 Å². The van der Waals surface area contributed by atoms with Crippen molar-refractivity contribution in [3.8, 4) is 11.5 Å². The monoisotopic (exact) mass is 442 g/mol. The van der Waals surface area contributed by atoms with Gasteiger partial charge >= 0.3 is 5.97 Å². The second kappa shape index (κ2) is 11.6. The van der Waals surface area contributed by atoms with Crippen LogP contribution in [0.25, 0.3) is 6.08 Å². The molecule has 1 fully saturated rings. The maximum atomic E-state index is 11.9. The second-order valence-corrected chi connectivity index (χ2v) is 8.29. The molecule has 0 spiro atoms. The highest BCUT2D eigenvalue weighted by atomic mass is 16.6. The molecule has 1 atom stereocenters. The van der Waals surface area contributed by atoms with E-state index >= 15 is 0 Å². The van der Waals surface area contributed by atoms with E-state index in [4.69, 9.17) is 23.7 Å². The first kappa shape index (κ1) is 25.3. The van der Waals surface area contributed by atoms with Crippen LogP contribution < -0.4 is 9.47 Å². The molecular formula is C26H34O6. The van der Waals surface area contributed by atoms with Crippen molar-refractivity contribution in [2.75, 3.05) is 27.4 Å². The smallest absolute Gasteiger partial charge is 0.341 e. The average Bonchev–Trinajstić information content (AvgIpc) is 3.37. The zero-order chi connectivity index (χ0) is 23.7. The van der Waals surface area contributed by atoms with Gasteiger partial charge in [0.05, 0.1) is 31.7 Å². The Hall–Kier alpha value is -2.99.